The molecule has 0 radical (unpaired) electrons. The van der Waals surface area contributed by atoms with Crippen LogP contribution in [0.4, 0.5) is 0 Å². The Balaban J connectivity index is 1.25. The molecule has 11 rings (SSSR count). The summed E-state index contributed by atoms with van der Waals surface area (Å²) in [7, 11) is 0. The zero-order valence-corrected chi connectivity index (χ0v) is 33.1. The molecule has 0 nitrogen and oxygen atoms in total. The molecule has 1 aliphatic rings. The van der Waals surface area contributed by atoms with Crippen LogP contribution in [0.5, 0.6) is 0 Å². The van der Waals surface area contributed by atoms with Crippen molar-refractivity contribution in [3.05, 3.63) is 243 Å². The van der Waals surface area contributed by atoms with E-state index < -0.39 is 0 Å². The average Bonchev–Trinajstić information content (AvgIpc) is 3.34. The monoisotopic (exact) mass is 760 g/mol. The van der Waals surface area contributed by atoms with Crippen LogP contribution < -0.4 is 0 Å². The SMILES string of the molecule is c1ccc(-c2ccc(-c3c(-c4ccccc4)ccc4c3-c3ccccc3-c3ccccc3-c3c-4ccc(-c4ccccc4)c3-c3ccc(-c4ccccc4)cc3)cc2)cc1. The van der Waals surface area contributed by atoms with E-state index in [1.165, 1.54) is 111 Å². The lowest BCUT2D eigenvalue weighted by molar-refractivity contribution is 1.49. The predicted octanol–water partition coefficient (Wildman–Crippen LogP) is 16.7. The molecule has 0 bridgehead atoms. The highest BCUT2D eigenvalue weighted by molar-refractivity contribution is 6.13. The van der Waals surface area contributed by atoms with Gasteiger partial charge in [0.1, 0.15) is 0 Å². The number of rotatable bonds is 6. The van der Waals surface area contributed by atoms with Gasteiger partial charge in [0.05, 0.1) is 0 Å². The van der Waals surface area contributed by atoms with E-state index in [2.05, 4.69) is 243 Å². The third-order valence-corrected chi connectivity index (χ3v) is 12.1. The van der Waals surface area contributed by atoms with Crippen molar-refractivity contribution < 1.29 is 0 Å². The van der Waals surface area contributed by atoms with E-state index in [0.29, 0.717) is 0 Å². The molecule has 10 aromatic carbocycles. The highest BCUT2D eigenvalue weighted by atomic mass is 14.3. The summed E-state index contributed by atoms with van der Waals surface area (Å²) in [5, 5.41) is 0. The second-order valence-electron chi connectivity index (χ2n) is 15.5. The second kappa shape index (κ2) is 15.2. The first-order valence-electron chi connectivity index (χ1n) is 20.8. The topological polar surface area (TPSA) is 0 Å². The molecule has 0 atom stereocenters. The van der Waals surface area contributed by atoms with E-state index in [0.717, 1.165) is 0 Å². The first-order chi connectivity index (χ1) is 29.8. The molecule has 0 spiro atoms. The first kappa shape index (κ1) is 35.4. The summed E-state index contributed by atoms with van der Waals surface area (Å²) in [4.78, 5) is 0. The summed E-state index contributed by atoms with van der Waals surface area (Å²) in [5.41, 5.74) is 24.3. The predicted molar refractivity (Wildman–Crippen MR) is 254 cm³/mol. The van der Waals surface area contributed by atoms with Crippen molar-refractivity contribution in [1.82, 2.24) is 0 Å². The summed E-state index contributed by atoms with van der Waals surface area (Å²) < 4.78 is 0. The van der Waals surface area contributed by atoms with Crippen LogP contribution in [-0.4, -0.2) is 0 Å². The minimum atomic E-state index is 1.19. The first-order valence-corrected chi connectivity index (χ1v) is 20.8. The van der Waals surface area contributed by atoms with Crippen molar-refractivity contribution in [2.24, 2.45) is 0 Å². The largest absolute Gasteiger partial charge is 0.0622 e. The molecule has 10 aromatic rings. The Hall–Kier alpha value is -7.80. The Kier molecular flexibility index (Phi) is 8.95. The lowest BCUT2D eigenvalue weighted by Crippen LogP contribution is -2.02. The van der Waals surface area contributed by atoms with E-state index >= 15 is 0 Å². The Morgan fingerprint density at radius 1 is 0.117 bits per heavy atom. The fraction of sp³-hybridized carbons (Fsp3) is 0. The van der Waals surface area contributed by atoms with Crippen molar-refractivity contribution >= 4 is 0 Å². The van der Waals surface area contributed by atoms with E-state index in [1.54, 1.807) is 0 Å². The van der Waals surface area contributed by atoms with Crippen molar-refractivity contribution in [3.8, 4) is 111 Å². The minimum absolute atomic E-state index is 1.19. The van der Waals surface area contributed by atoms with Crippen LogP contribution in [0.3, 0.4) is 0 Å². The van der Waals surface area contributed by atoms with Gasteiger partial charge in [-0.3, -0.25) is 0 Å². The molecule has 60 heavy (non-hydrogen) atoms. The molecule has 0 unspecified atom stereocenters. The minimum Gasteiger partial charge on any atom is -0.0622 e. The lowest BCUT2D eigenvalue weighted by Gasteiger charge is -2.29. The number of hydrogen-bond acceptors (Lipinski definition) is 0. The summed E-state index contributed by atoms with van der Waals surface area (Å²) in [6.45, 7) is 0. The summed E-state index contributed by atoms with van der Waals surface area (Å²) in [6, 6.07) is 89.0. The standard InChI is InChI=1S/C60H40/c1-5-17-41(18-6-1)43-29-33-47(34-30-43)57-49(45-21-9-3-10-22-45)37-39-55-56-40-38-50(46-23-11-4-12-24-46)58(48-35-31-44(32-36-48)42-19-7-2-8-20-42)60(56)54-28-16-14-26-52(54)51-25-13-15-27-53(51)59(55)57/h1-40H. The van der Waals surface area contributed by atoms with Crippen LogP contribution in [-0.2, 0) is 0 Å². The van der Waals surface area contributed by atoms with Gasteiger partial charge in [-0.25, -0.2) is 0 Å². The van der Waals surface area contributed by atoms with E-state index in [9.17, 15) is 0 Å². The van der Waals surface area contributed by atoms with Crippen molar-refractivity contribution in [2.75, 3.05) is 0 Å². The molecular formula is C60H40. The fourth-order valence-corrected chi connectivity index (χ4v) is 9.32. The maximum absolute atomic E-state index is 2.38. The maximum atomic E-state index is 2.38. The van der Waals surface area contributed by atoms with Crippen molar-refractivity contribution in [1.29, 1.82) is 0 Å². The van der Waals surface area contributed by atoms with Gasteiger partial charge >= 0.3 is 0 Å². The van der Waals surface area contributed by atoms with Gasteiger partial charge < -0.3 is 0 Å². The molecule has 0 heteroatoms. The normalized spacial score (nSPS) is 11.3. The average molecular weight is 761 g/mol. The zero-order chi connectivity index (χ0) is 39.8. The molecule has 0 aliphatic heterocycles. The summed E-state index contributed by atoms with van der Waals surface area (Å²) >= 11 is 0. The van der Waals surface area contributed by atoms with Gasteiger partial charge in [0.15, 0.2) is 0 Å². The lowest BCUT2D eigenvalue weighted by atomic mass is 9.74. The van der Waals surface area contributed by atoms with Gasteiger partial charge in [-0.1, -0.05) is 243 Å². The highest BCUT2D eigenvalue weighted by Gasteiger charge is 2.29. The smallest absolute Gasteiger partial charge is 0.00141 e. The van der Waals surface area contributed by atoms with Crippen LogP contribution in [0, 0.1) is 0 Å². The molecule has 0 N–H and O–H groups in total. The molecule has 0 aromatic heterocycles. The molecule has 0 saturated carbocycles. The number of benzene rings is 10. The molecule has 0 heterocycles. The molecule has 280 valence electrons. The van der Waals surface area contributed by atoms with Crippen molar-refractivity contribution in [2.45, 2.75) is 0 Å². The van der Waals surface area contributed by atoms with Crippen LogP contribution in [0.15, 0.2) is 243 Å². The van der Waals surface area contributed by atoms with E-state index in [-0.39, 0.29) is 0 Å². The fourth-order valence-electron chi connectivity index (χ4n) is 9.32. The third kappa shape index (κ3) is 6.18. The maximum Gasteiger partial charge on any atom is -0.00141 e. The quantitative estimate of drug-likeness (QED) is 0.158. The summed E-state index contributed by atoms with van der Waals surface area (Å²) in [5.74, 6) is 0. The van der Waals surface area contributed by atoms with Crippen LogP contribution >= 0.6 is 0 Å². The van der Waals surface area contributed by atoms with E-state index in [1.807, 2.05) is 0 Å². The Morgan fingerprint density at radius 3 is 0.717 bits per heavy atom. The highest BCUT2D eigenvalue weighted by Crippen LogP contribution is 2.56. The van der Waals surface area contributed by atoms with Crippen LogP contribution in [0.25, 0.3) is 111 Å². The van der Waals surface area contributed by atoms with Gasteiger partial charge in [0, 0.05) is 0 Å². The molecular weight excluding hydrogens is 721 g/mol. The number of hydrogen-bond donors (Lipinski definition) is 0. The Morgan fingerprint density at radius 2 is 0.367 bits per heavy atom. The Bertz CT molecular complexity index is 2910. The van der Waals surface area contributed by atoms with Gasteiger partial charge in [0.2, 0.25) is 0 Å². The zero-order valence-electron chi connectivity index (χ0n) is 33.1. The molecule has 1 aliphatic carbocycles. The van der Waals surface area contributed by atoms with Gasteiger partial charge in [-0.05, 0) is 111 Å². The van der Waals surface area contributed by atoms with Gasteiger partial charge in [0.25, 0.3) is 0 Å². The Labute approximate surface area is 352 Å². The molecule has 0 fully saturated rings. The van der Waals surface area contributed by atoms with Crippen LogP contribution in [0.2, 0.25) is 0 Å². The molecule has 0 saturated heterocycles. The van der Waals surface area contributed by atoms with Gasteiger partial charge in [-0.2, -0.15) is 0 Å². The van der Waals surface area contributed by atoms with Gasteiger partial charge in [-0.15, -0.1) is 0 Å². The number of fused-ring (bicyclic) bond motifs is 8. The van der Waals surface area contributed by atoms with Crippen molar-refractivity contribution in [3.63, 3.8) is 0 Å². The van der Waals surface area contributed by atoms with E-state index in [4.69, 9.17) is 0 Å². The third-order valence-electron chi connectivity index (χ3n) is 12.1. The second-order valence-corrected chi connectivity index (χ2v) is 15.5. The summed E-state index contributed by atoms with van der Waals surface area (Å²) in [6.07, 6.45) is 0. The van der Waals surface area contributed by atoms with Crippen LogP contribution in [0.1, 0.15) is 0 Å². The molecule has 0 amide bonds.